The normalized spacial score (nSPS) is 22.7. The Balaban J connectivity index is 0.000000165. The summed E-state index contributed by atoms with van der Waals surface area (Å²) >= 11 is 0. The first-order valence-electron chi connectivity index (χ1n) is 12.2. The smallest absolute Gasteiger partial charge is 0.410 e. The van der Waals surface area contributed by atoms with E-state index >= 15 is 0 Å². The van der Waals surface area contributed by atoms with E-state index in [9.17, 15) is 9.59 Å². The Kier molecular flexibility index (Phi) is 8.08. The number of likely N-dealkylation sites (tertiary alicyclic amines) is 1. The number of carbonyl (C=O) groups is 2. The molecule has 2 fully saturated rings. The molecule has 3 aliphatic heterocycles. The van der Waals surface area contributed by atoms with E-state index in [1.54, 1.807) is 9.80 Å². The topological polar surface area (TPSA) is 71.6 Å². The number of ether oxygens (including phenoxy) is 3. The summed E-state index contributed by atoms with van der Waals surface area (Å²) in [6, 6.07) is 19.5. The Bertz CT molecular complexity index is 1030. The number of nitrogens with zero attached hydrogens (tertiary/aromatic N) is 2. The third-order valence-corrected chi connectivity index (χ3v) is 6.46. The van der Waals surface area contributed by atoms with Gasteiger partial charge in [-0.2, -0.15) is 0 Å². The highest BCUT2D eigenvalue weighted by Gasteiger charge is 2.56. The van der Waals surface area contributed by atoms with Crippen LogP contribution in [-0.2, 0) is 27.4 Å². The summed E-state index contributed by atoms with van der Waals surface area (Å²) in [5, 5.41) is 0. The summed E-state index contributed by atoms with van der Waals surface area (Å²) in [5.41, 5.74) is 3.14. The van der Waals surface area contributed by atoms with Gasteiger partial charge in [0.2, 0.25) is 0 Å². The fourth-order valence-corrected chi connectivity index (χ4v) is 4.37. The fourth-order valence-electron chi connectivity index (χ4n) is 4.37. The van der Waals surface area contributed by atoms with Crippen molar-refractivity contribution in [3.8, 4) is 0 Å². The molecule has 0 N–H and O–H groups in total. The molecule has 2 saturated heterocycles. The van der Waals surface area contributed by atoms with Gasteiger partial charge in [0, 0.05) is 19.6 Å². The van der Waals surface area contributed by atoms with Crippen LogP contribution in [0, 0.1) is 0 Å². The zero-order valence-corrected chi connectivity index (χ0v) is 20.5. The number of hydrogen-bond acceptors (Lipinski definition) is 5. The third-order valence-electron chi connectivity index (χ3n) is 6.46. The summed E-state index contributed by atoms with van der Waals surface area (Å²) in [7, 11) is 0. The number of carbonyl (C=O) groups excluding carboxylic acids is 2. The lowest BCUT2D eigenvalue weighted by atomic mass is 10.0. The van der Waals surface area contributed by atoms with Crippen LogP contribution in [0.3, 0.4) is 0 Å². The lowest BCUT2D eigenvalue weighted by Gasteiger charge is -2.27. The van der Waals surface area contributed by atoms with Crippen LogP contribution in [0.5, 0.6) is 0 Å². The van der Waals surface area contributed by atoms with Crippen LogP contribution in [0.15, 0.2) is 72.3 Å². The van der Waals surface area contributed by atoms with Crippen LogP contribution >= 0.6 is 0 Å². The molecular weight excluding hydrogens is 444 g/mol. The van der Waals surface area contributed by atoms with Gasteiger partial charge in [0.15, 0.2) is 0 Å². The van der Waals surface area contributed by atoms with E-state index in [2.05, 4.69) is 6.08 Å². The predicted molar refractivity (Wildman–Crippen MR) is 133 cm³/mol. The maximum Gasteiger partial charge on any atom is 0.410 e. The van der Waals surface area contributed by atoms with Crippen LogP contribution < -0.4 is 0 Å². The van der Waals surface area contributed by atoms with Gasteiger partial charge in [-0.05, 0) is 37.8 Å². The lowest BCUT2D eigenvalue weighted by Crippen LogP contribution is -2.43. The quantitative estimate of drug-likeness (QED) is 0.448. The molecule has 0 bridgehead atoms. The van der Waals surface area contributed by atoms with Crippen molar-refractivity contribution in [2.75, 3.05) is 26.2 Å². The highest BCUT2D eigenvalue weighted by molar-refractivity contribution is 5.68. The maximum absolute atomic E-state index is 11.9. The van der Waals surface area contributed by atoms with Crippen LogP contribution in [0.2, 0.25) is 0 Å². The van der Waals surface area contributed by atoms with Crippen molar-refractivity contribution in [1.82, 2.24) is 9.80 Å². The van der Waals surface area contributed by atoms with Crippen molar-refractivity contribution < 1.29 is 23.8 Å². The Morgan fingerprint density at radius 1 is 0.914 bits per heavy atom. The van der Waals surface area contributed by atoms with Gasteiger partial charge in [-0.15, -0.1) is 0 Å². The van der Waals surface area contributed by atoms with Gasteiger partial charge in [0.25, 0.3) is 0 Å². The van der Waals surface area contributed by atoms with Gasteiger partial charge in [0.05, 0.1) is 12.6 Å². The maximum atomic E-state index is 11.9. The van der Waals surface area contributed by atoms with E-state index in [0.717, 1.165) is 37.1 Å². The first kappa shape index (κ1) is 24.8. The minimum Gasteiger partial charge on any atom is -0.445 e. The third kappa shape index (κ3) is 7.09. The van der Waals surface area contributed by atoms with Crippen LogP contribution in [-0.4, -0.2) is 59.9 Å². The van der Waals surface area contributed by atoms with Crippen molar-refractivity contribution in [3.05, 3.63) is 83.4 Å². The van der Waals surface area contributed by atoms with Crippen molar-refractivity contribution in [1.29, 1.82) is 0 Å². The molecule has 3 aliphatic rings. The van der Waals surface area contributed by atoms with Crippen LogP contribution in [0.1, 0.15) is 37.8 Å². The van der Waals surface area contributed by atoms with Gasteiger partial charge in [-0.25, -0.2) is 9.59 Å². The molecule has 7 heteroatoms. The second-order valence-corrected chi connectivity index (χ2v) is 9.47. The Hall–Kier alpha value is -3.32. The summed E-state index contributed by atoms with van der Waals surface area (Å²) in [6.07, 6.45) is 3.88. The van der Waals surface area contributed by atoms with Crippen LogP contribution in [0.4, 0.5) is 9.59 Å². The molecular formula is C28H34N2O5. The average molecular weight is 479 g/mol. The molecule has 0 radical (unpaired) electrons. The molecule has 7 nitrogen and oxygen atoms in total. The number of amides is 2. The van der Waals surface area contributed by atoms with Crippen LogP contribution in [0.25, 0.3) is 0 Å². The molecule has 0 spiro atoms. The highest BCUT2D eigenvalue weighted by atomic mass is 16.6. The van der Waals surface area contributed by atoms with Gasteiger partial charge in [-0.3, -0.25) is 0 Å². The summed E-state index contributed by atoms with van der Waals surface area (Å²) in [6.45, 7) is 7.58. The molecule has 0 saturated carbocycles. The molecule has 2 unspecified atom stereocenters. The van der Waals surface area contributed by atoms with E-state index in [1.165, 1.54) is 5.57 Å². The molecule has 2 aromatic rings. The number of rotatable bonds is 4. The zero-order chi connectivity index (χ0) is 24.7. The number of fused-ring (bicyclic) bond motifs is 1. The Morgan fingerprint density at radius 2 is 1.49 bits per heavy atom. The van der Waals surface area contributed by atoms with Gasteiger partial charge in [-0.1, -0.05) is 72.3 Å². The molecule has 35 heavy (non-hydrogen) atoms. The van der Waals surface area contributed by atoms with Gasteiger partial charge in [0.1, 0.15) is 18.8 Å². The summed E-state index contributed by atoms with van der Waals surface area (Å²) in [5.74, 6) is 0. The molecule has 5 rings (SSSR count). The van der Waals surface area contributed by atoms with Crippen molar-refractivity contribution >= 4 is 12.2 Å². The van der Waals surface area contributed by atoms with Crippen molar-refractivity contribution in [2.24, 2.45) is 0 Å². The number of piperidine rings is 1. The molecule has 2 amide bonds. The fraction of sp³-hybridized carbons (Fsp3) is 0.429. The van der Waals surface area contributed by atoms with Crippen molar-refractivity contribution in [2.45, 2.75) is 51.6 Å². The molecule has 3 heterocycles. The molecule has 2 aromatic carbocycles. The summed E-state index contributed by atoms with van der Waals surface area (Å²) < 4.78 is 16.1. The molecule has 0 aliphatic carbocycles. The monoisotopic (exact) mass is 478 g/mol. The van der Waals surface area contributed by atoms with Gasteiger partial charge >= 0.3 is 12.2 Å². The predicted octanol–water partition coefficient (Wildman–Crippen LogP) is 5.16. The minimum atomic E-state index is -0.242. The summed E-state index contributed by atoms with van der Waals surface area (Å²) in [4.78, 5) is 27.2. The van der Waals surface area contributed by atoms with Crippen molar-refractivity contribution in [3.63, 3.8) is 0 Å². The highest BCUT2D eigenvalue weighted by Crippen LogP contribution is 2.42. The minimum absolute atomic E-state index is 0.121. The number of benzene rings is 2. The van der Waals surface area contributed by atoms with E-state index < -0.39 is 0 Å². The zero-order valence-electron chi connectivity index (χ0n) is 20.5. The second-order valence-electron chi connectivity index (χ2n) is 9.47. The second kappa shape index (κ2) is 11.4. The molecule has 186 valence electrons. The molecule has 2 atom stereocenters. The first-order chi connectivity index (χ1) is 16.9. The molecule has 0 aromatic heterocycles. The number of epoxide rings is 1. The Labute approximate surface area is 207 Å². The van der Waals surface area contributed by atoms with E-state index in [1.807, 2.05) is 74.5 Å². The number of hydrogen-bond donors (Lipinski definition) is 0. The standard InChI is InChI=1S/C14H17NO3.C14H17NO2/c1-14-10-15(8-7-12(14)18-14)13(16)17-9-11-5-3-2-4-6-11;1-12-6-5-9-15(10-12)14(16)17-11-13-7-3-2-4-8-13/h2-6,12H,7-10H2,1H3;2-4,6-8H,5,9-11H2,1H3. The average Bonchev–Trinajstić information content (AvgIpc) is 3.58. The SMILES string of the molecule is CC12CN(C(=O)OCc3ccccc3)CCC1O2.CC1=CCCN(C(=O)OCc2ccccc2)C1. The van der Waals surface area contributed by atoms with Gasteiger partial charge < -0.3 is 24.0 Å². The first-order valence-corrected chi connectivity index (χ1v) is 12.2. The Morgan fingerprint density at radius 3 is 2.03 bits per heavy atom. The van der Waals surface area contributed by atoms with E-state index in [0.29, 0.717) is 32.4 Å². The van der Waals surface area contributed by atoms with E-state index in [-0.39, 0.29) is 17.8 Å². The largest absolute Gasteiger partial charge is 0.445 e. The lowest BCUT2D eigenvalue weighted by molar-refractivity contribution is 0.0855. The van der Waals surface area contributed by atoms with E-state index in [4.69, 9.17) is 14.2 Å².